The number of hydrogen-bond acceptors (Lipinski definition) is 3. The van der Waals surface area contributed by atoms with Crippen molar-refractivity contribution in [3.63, 3.8) is 0 Å². The predicted molar refractivity (Wildman–Crippen MR) is 111 cm³/mol. The fourth-order valence-electron chi connectivity index (χ4n) is 3.37. The largest absolute Gasteiger partial charge is 0.497 e. The highest BCUT2D eigenvalue weighted by Crippen LogP contribution is 2.33. The zero-order valence-corrected chi connectivity index (χ0v) is 17.6. The van der Waals surface area contributed by atoms with Crippen molar-refractivity contribution in [2.45, 2.75) is 39.4 Å². The molecular formula is C23H24F3N3O2. The van der Waals surface area contributed by atoms with Crippen molar-refractivity contribution in [3.05, 3.63) is 76.6 Å². The van der Waals surface area contributed by atoms with Gasteiger partial charge in [-0.25, -0.2) is 4.68 Å². The van der Waals surface area contributed by atoms with Crippen LogP contribution in [0.4, 0.5) is 13.2 Å². The van der Waals surface area contributed by atoms with Crippen molar-refractivity contribution in [1.29, 1.82) is 0 Å². The molecule has 1 heterocycles. The Bertz CT molecular complexity index is 1070. The third-order valence-electron chi connectivity index (χ3n) is 4.90. The van der Waals surface area contributed by atoms with E-state index in [0.717, 1.165) is 23.0 Å². The van der Waals surface area contributed by atoms with Crippen molar-refractivity contribution in [1.82, 2.24) is 15.1 Å². The second-order valence-corrected chi connectivity index (χ2v) is 7.31. The highest BCUT2D eigenvalue weighted by atomic mass is 19.4. The molecule has 1 aromatic heterocycles. The number of rotatable bonds is 7. The van der Waals surface area contributed by atoms with E-state index in [1.807, 2.05) is 18.2 Å². The Morgan fingerprint density at radius 3 is 2.55 bits per heavy atom. The fraction of sp³-hybridized carbons (Fsp3) is 0.304. The maximum Gasteiger partial charge on any atom is 0.416 e. The van der Waals surface area contributed by atoms with Gasteiger partial charge in [0, 0.05) is 18.7 Å². The van der Waals surface area contributed by atoms with Gasteiger partial charge in [0.2, 0.25) is 5.91 Å². The highest BCUT2D eigenvalue weighted by Gasteiger charge is 2.34. The van der Waals surface area contributed by atoms with Crippen LogP contribution in [0.2, 0.25) is 0 Å². The summed E-state index contributed by atoms with van der Waals surface area (Å²) in [6, 6.07) is 13.1. The molecule has 0 spiro atoms. The lowest BCUT2D eigenvalue weighted by molar-refractivity contribution is -0.138. The number of halogens is 3. The van der Waals surface area contributed by atoms with E-state index in [4.69, 9.17) is 4.74 Å². The van der Waals surface area contributed by atoms with E-state index in [1.54, 1.807) is 39.2 Å². The number of amides is 1. The summed E-state index contributed by atoms with van der Waals surface area (Å²) in [4.78, 5) is 12.2. The Morgan fingerprint density at radius 2 is 1.90 bits per heavy atom. The highest BCUT2D eigenvalue weighted by molar-refractivity contribution is 5.76. The molecule has 8 heteroatoms. The lowest BCUT2D eigenvalue weighted by Crippen LogP contribution is -2.25. The van der Waals surface area contributed by atoms with E-state index >= 15 is 0 Å². The second-order valence-electron chi connectivity index (χ2n) is 7.31. The molecule has 0 fully saturated rings. The van der Waals surface area contributed by atoms with E-state index in [9.17, 15) is 18.0 Å². The van der Waals surface area contributed by atoms with Gasteiger partial charge in [0.15, 0.2) is 0 Å². The Hall–Kier alpha value is -3.29. The van der Waals surface area contributed by atoms with Gasteiger partial charge in [0.05, 0.1) is 24.1 Å². The number of nitrogens with zero attached hydrogens (tertiary/aromatic N) is 2. The first-order valence-corrected chi connectivity index (χ1v) is 9.81. The zero-order valence-electron chi connectivity index (χ0n) is 17.6. The molecule has 0 radical (unpaired) electrons. The van der Waals surface area contributed by atoms with Crippen LogP contribution in [0.15, 0.2) is 48.5 Å². The van der Waals surface area contributed by atoms with Gasteiger partial charge in [-0.1, -0.05) is 18.2 Å². The minimum Gasteiger partial charge on any atom is -0.497 e. The van der Waals surface area contributed by atoms with Gasteiger partial charge in [-0.3, -0.25) is 4.79 Å². The average Bonchev–Trinajstić information content (AvgIpc) is 3.08. The van der Waals surface area contributed by atoms with Gasteiger partial charge >= 0.3 is 6.18 Å². The molecular weight excluding hydrogens is 407 g/mol. The Labute approximate surface area is 178 Å². The summed E-state index contributed by atoms with van der Waals surface area (Å²) < 4.78 is 47.6. The number of carbonyl (C=O) groups excluding carboxylic acids is 1. The number of hydrogen-bond donors (Lipinski definition) is 1. The average molecular weight is 431 g/mol. The Kier molecular flexibility index (Phi) is 6.68. The number of benzene rings is 2. The van der Waals surface area contributed by atoms with Crippen molar-refractivity contribution in [2.75, 3.05) is 7.11 Å². The normalized spacial score (nSPS) is 11.4. The van der Waals surface area contributed by atoms with Crippen molar-refractivity contribution < 1.29 is 22.7 Å². The summed E-state index contributed by atoms with van der Waals surface area (Å²) in [5.74, 6) is 0.369. The van der Waals surface area contributed by atoms with Crippen LogP contribution in [0.1, 0.15) is 34.5 Å². The van der Waals surface area contributed by atoms with Crippen LogP contribution in [0.25, 0.3) is 5.69 Å². The van der Waals surface area contributed by atoms with E-state index in [1.165, 1.54) is 10.7 Å². The fourth-order valence-corrected chi connectivity index (χ4v) is 3.37. The van der Waals surface area contributed by atoms with Gasteiger partial charge in [0.1, 0.15) is 5.75 Å². The third kappa shape index (κ3) is 5.65. The molecule has 0 aliphatic heterocycles. The van der Waals surface area contributed by atoms with E-state index in [2.05, 4.69) is 10.4 Å². The summed E-state index contributed by atoms with van der Waals surface area (Å²) in [7, 11) is 1.56. The molecule has 0 atom stereocenters. The summed E-state index contributed by atoms with van der Waals surface area (Å²) in [5, 5.41) is 6.84. The number of ether oxygens (including phenoxy) is 1. The number of methoxy groups -OCH3 is 1. The number of aryl methyl sites for hydroxylation is 3. The van der Waals surface area contributed by atoms with Crippen molar-refractivity contribution in [3.8, 4) is 11.4 Å². The molecule has 0 bridgehead atoms. The van der Waals surface area contributed by atoms with Crippen LogP contribution >= 0.6 is 0 Å². The molecule has 0 unspecified atom stereocenters. The summed E-state index contributed by atoms with van der Waals surface area (Å²) >= 11 is 0. The maximum absolute atomic E-state index is 13.7. The van der Waals surface area contributed by atoms with Crippen LogP contribution in [0.3, 0.4) is 0 Å². The quantitative estimate of drug-likeness (QED) is 0.587. The Balaban J connectivity index is 1.70. The molecule has 3 rings (SSSR count). The van der Waals surface area contributed by atoms with E-state index in [-0.39, 0.29) is 24.4 Å². The number of nitrogens with one attached hydrogen (secondary N) is 1. The van der Waals surface area contributed by atoms with Crippen LogP contribution in [0, 0.1) is 13.8 Å². The molecule has 164 valence electrons. The molecule has 0 saturated heterocycles. The molecule has 0 saturated carbocycles. The summed E-state index contributed by atoms with van der Waals surface area (Å²) in [6.07, 6.45) is -3.92. The van der Waals surface area contributed by atoms with E-state index in [0.29, 0.717) is 17.9 Å². The first-order valence-electron chi connectivity index (χ1n) is 9.81. The van der Waals surface area contributed by atoms with Crippen LogP contribution in [0.5, 0.6) is 5.75 Å². The van der Waals surface area contributed by atoms with Crippen molar-refractivity contribution in [2.24, 2.45) is 0 Å². The molecule has 0 aliphatic rings. The first-order chi connectivity index (χ1) is 14.7. The zero-order chi connectivity index (χ0) is 22.6. The smallest absolute Gasteiger partial charge is 0.416 e. The van der Waals surface area contributed by atoms with E-state index < -0.39 is 11.7 Å². The van der Waals surface area contributed by atoms with Gasteiger partial charge < -0.3 is 10.1 Å². The van der Waals surface area contributed by atoms with Gasteiger partial charge in [0.25, 0.3) is 0 Å². The summed E-state index contributed by atoms with van der Waals surface area (Å²) in [6.45, 7) is 3.36. The SMILES string of the molecule is COc1cccc(CCC(=O)NCc2ccc(-n3nc(C)cc3C)cc2C(F)(F)F)c1. The molecule has 3 aromatic rings. The first kappa shape index (κ1) is 22.4. The molecule has 2 aromatic carbocycles. The Morgan fingerprint density at radius 1 is 1.13 bits per heavy atom. The minimum atomic E-state index is -4.55. The predicted octanol–water partition coefficient (Wildman–Crippen LogP) is 4.77. The maximum atomic E-state index is 13.7. The van der Waals surface area contributed by atoms with Gasteiger partial charge in [-0.05, 0) is 61.7 Å². The molecule has 1 N–H and O–H groups in total. The molecule has 31 heavy (non-hydrogen) atoms. The van der Waals surface area contributed by atoms with Crippen molar-refractivity contribution >= 4 is 5.91 Å². The summed E-state index contributed by atoms with van der Waals surface area (Å²) in [5.41, 5.74) is 1.92. The van der Waals surface area contributed by atoms with Crippen LogP contribution in [-0.4, -0.2) is 22.8 Å². The number of aromatic nitrogens is 2. The monoisotopic (exact) mass is 431 g/mol. The van der Waals surface area contributed by atoms with Gasteiger partial charge in [-0.15, -0.1) is 0 Å². The number of carbonyl (C=O) groups is 1. The number of alkyl halides is 3. The lowest BCUT2D eigenvalue weighted by Gasteiger charge is -2.16. The minimum absolute atomic E-state index is 0.00696. The van der Waals surface area contributed by atoms with Crippen LogP contribution in [-0.2, 0) is 23.9 Å². The second kappa shape index (κ2) is 9.24. The van der Waals surface area contributed by atoms with Gasteiger partial charge in [-0.2, -0.15) is 18.3 Å². The molecule has 1 amide bonds. The third-order valence-corrected chi connectivity index (χ3v) is 4.90. The molecule has 0 aliphatic carbocycles. The van der Waals surface area contributed by atoms with Crippen LogP contribution < -0.4 is 10.1 Å². The lowest BCUT2D eigenvalue weighted by atomic mass is 10.1. The standard InChI is InChI=1S/C23H24F3N3O2/c1-15-11-16(2)29(28-15)19-9-8-18(21(13-19)23(24,25)26)14-27-22(30)10-7-17-5-4-6-20(12-17)31-3/h4-6,8-9,11-13H,7,10,14H2,1-3H3,(H,27,30). The topological polar surface area (TPSA) is 56.1 Å². The molecule has 5 nitrogen and oxygen atoms in total.